The monoisotopic (exact) mass is 378 g/mol. The predicted octanol–water partition coefficient (Wildman–Crippen LogP) is 4.22. The van der Waals surface area contributed by atoms with E-state index in [2.05, 4.69) is 9.97 Å². The number of carbonyl (C=O) groups is 1. The summed E-state index contributed by atoms with van der Waals surface area (Å²) in [7, 11) is 2.76. The highest BCUT2D eigenvalue weighted by atomic mass is 16.5. The highest BCUT2D eigenvalue weighted by molar-refractivity contribution is 6.17. The summed E-state index contributed by atoms with van der Waals surface area (Å²) < 4.78 is 21.7. The lowest BCUT2D eigenvalue weighted by Gasteiger charge is -2.15. The molecule has 0 aliphatic carbocycles. The van der Waals surface area contributed by atoms with E-state index < -0.39 is 5.97 Å². The maximum Gasteiger partial charge on any atom is 0.341 e. The van der Waals surface area contributed by atoms with Crippen LogP contribution in [0.1, 0.15) is 5.56 Å². The normalized spacial score (nSPS) is 10.9. The summed E-state index contributed by atoms with van der Waals surface area (Å²) in [5.41, 5.74) is 0.753. The number of aromatic nitrogens is 2. The van der Waals surface area contributed by atoms with Gasteiger partial charge in [0, 0.05) is 17.8 Å². The van der Waals surface area contributed by atoms with Crippen molar-refractivity contribution < 1.29 is 23.7 Å². The van der Waals surface area contributed by atoms with Crippen LogP contribution >= 0.6 is 0 Å². The molecule has 0 aliphatic heterocycles. The summed E-state index contributed by atoms with van der Waals surface area (Å²) in [6.45, 7) is 0. The lowest BCUT2D eigenvalue weighted by atomic mass is 10.1. The molecule has 0 spiro atoms. The highest BCUT2D eigenvalue weighted by Crippen LogP contribution is 2.37. The number of esters is 1. The molecule has 0 N–H and O–H groups in total. The van der Waals surface area contributed by atoms with Gasteiger partial charge in [-0.3, -0.25) is 0 Å². The van der Waals surface area contributed by atoms with Gasteiger partial charge in [0.1, 0.15) is 17.6 Å². The molecule has 3 aromatic rings. The molecule has 0 saturated carbocycles. The van der Waals surface area contributed by atoms with Gasteiger partial charge in [-0.05, 0) is 18.2 Å². The number of methoxy groups -OCH3 is 2. The Morgan fingerprint density at radius 3 is 2.21 bits per heavy atom. The van der Waals surface area contributed by atoms with Crippen LogP contribution in [0.3, 0.4) is 0 Å². The summed E-state index contributed by atoms with van der Waals surface area (Å²) in [5.74, 6) is 1.20. The third-order valence-electron chi connectivity index (χ3n) is 3.66. The minimum absolute atomic E-state index is 0.231. The van der Waals surface area contributed by atoms with Crippen molar-refractivity contribution >= 4 is 11.5 Å². The van der Waals surface area contributed by atoms with E-state index in [1.165, 1.54) is 26.8 Å². The second kappa shape index (κ2) is 9.18. The van der Waals surface area contributed by atoms with Crippen molar-refractivity contribution in [3.63, 3.8) is 0 Å². The van der Waals surface area contributed by atoms with Crippen LogP contribution < -0.4 is 9.47 Å². The van der Waals surface area contributed by atoms with Crippen molar-refractivity contribution in [3.8, 4) is 23.1 Å². The maximum absolute atomic E-state index is 12.2. The van der Waals surface area contributed by atoms with Crippen LogP contribution in [0.2, 0.25) is 0 Å². The molecule has 7 nitrogen and oxygen atoms in total. The van der Waals surface area contributed by atoms with Gasteiger partial charge in [-0.15, -0.1) is 0 Å². The van der Waals surface area contributed by atoms with Crippen molar-refractivity contribution in [1.29, 1.82) is 0 Å². The lowest BCUT2D eigenvalue weighted by Crippen LogP contribution is -2.06. The van der Waals surface area contributed by atoms with Crippen LogP contribution in [-0.4, -0.2) is 30.2 Å². The maximum atomic E-state index is 12.2. The van der Waals surface area contributed by atoms with Crippen LogP contribution in [-0.2, 0) is 14.3 Å². The molecule has 0 atom stereocenters. The number of hydrogen-bond acceptors (Lipinski definition) is 7. The van der Waals surface area contributed by atoms with Gasteiger partial charge in [0.25, 0.3) is 0 Å². The fourth-order valence-corrected chi connectivity index (χ4v) is 2.42. The quantitative estimate of drug-likeness (QED) is 0.346. The molecule has 2 aromatic carbocycles. The zero-order chi connectivity index (χ0) is 19.8. The molecule has 1 aromatic heterocycles. The molecule has 0 unspecified atom stereocenters. The van der Waals surface area contributed by atoms with E-state index in [-0.39, 0.29) is 5.57 Å². The Kier molecular flexibility index (Phi) is 6.20. The van der Waals surface area contributed by atoms with Crippen LogP contribution in [0.25, 0.3) is 5.57 Å². The molecule has 1 heterocycles. The highest BCUT2D eigenvalue weighted by Gasteiger charge is 2.19. The van der Waals surface area contributed by atoms with Crippen LogP contribution in [0.5, 0.6) is 23.1 Å². The Hall–Kier alpha value is -3.87. The number of ether oxygens (including phenoxy) is 4. The zero-order valence-electron chi connectivity index (χ0n) is 15.4. The molecular formula is C21H18N2O5. The second-order valence-corrected chi connectivity index (χ2v) is 5.45. The van der Waals surface area contributed by atoms with Crippen LogP contribution in [0, 0.1) is 0 Å². The van der Waals surface area contributed by atoms with Gasteiger partial charge in [0.15, 0.2) is 11.5 Å². The largest absolute Gasteiger partial charge is 0.503 e. The molecule has 0 radical (unpaired) electrons. The Morgan fingerprint density at radius 2 is 1.57 bits per heavy atom. The molecule has 0 bridgehead atoms. The number of rotatable bonds is 7. The number of para-hydroxylation sites is 3. The average Bonchev–Trinajstić information content (AvgIpc) is 2.74. The molecule has 3 rings (SSSR count). The Balaban J connectivity index is 1.95. The summed E-state index contributed by atoms with van der Waals surface area (Å²) >= 11 is 0. The predicted molar refractivity (Wildman–Crippen MR) is 102 cm³/mol. The standard InChI is InChI=1S/C21H18N2O5/c1-25-13-16(21(24)26-2)15-7-3-4-8-17(15)27-18-9-5-6-10-19(18)28-20-11-12-22-14-23-20/h3-14H,1-2H3/b16-13+. The van der Waals surface area contributed by atoms with Crippen LogP contribution in [0.4, 0.5) is 0 Å². The number of hydrogen-bond donors (Lipinski definition) is 0. The van der Waals surface area contributed by atoms with Crippen molar-refractivity contribution in [2.45, 2.75) is 0 Å². The van der Waals surface area contributed by atoms with Crippen LogP contribution in [0.15, 0.2) is 73.4 Å². The first-order valence-electron chi connectivity index (χ1n) is 8.34. The van der Waals surface area contributed by atoms with Gasteiger partial charge in [-0.2, -0.15) is 0 Å². The van der Waals surface area contributed by atoms with E-state index in [0.717, 1.165) is 0 Å². The topological polar surface area (TPSA) is 79.8 Å². The number of carbonyl (C=O) groups excluding carboxylic acids is 1. The van der Waals surface area contributed by atoms with Crippen molar-refractivity contribution in [2.75, 3.05) is 14.2 Å². The zero-order valence-corrected chi connectivity index (χ0v) is 15.4. The summed E-state index contributed by atoms with van der Waals surface area (Å²) in [6, 6.07) is 15.9. The molecule has 142 valence electrons. The molecule has 0 amide bonds. The van der Waals surface area contributed by atoms with E-state index in [1.807, 2.05) is 12.1 Å². The number of nitrogens with zero attached hydrogens (tertiary/aromatic N) is 2. The number of benzene rings is 2. The van der Waals surface area contributed by atoms with E-state index in [4.69, 9.17) is 18.9 Å². The van der Waals surface area contributed by atoms with Crippen molar-refractivity contribution in [2.24, 2.45) is 0 Å². The molecule has 28 heavy (non-hydrogen) atoms. The summed E-state index contributed by atoms with van der Waals surface area (Å²) in [6.07, 6.45) is 4.29. The first kappa shape index (κ1) is 18.9. The fourth-order valence-electron chi connectivity index (χ4n) is 2.42. The SMILES string of the molecule is CO/C=C(/C(=O)OC)c1ccccc1Oc1ccccc1Oc1ccncn1. The minimum Gasteiger partial charge on any atom is -0.503 e. The summed E-state index contributed by atoms with van der Waals surface area (Å²) in [5, 5.41) is 0. The third-order valence-corrected chi connectivity index (χ3v) is 3.66. The van der Waals surface area contributed by atoms with E-state index >= 15 is 0 Å². The van der Waals surface area contributed by atoms with E-state index in [9.17, 15) is 4.79 Å². The molecule has 0 aliphatic rings. The summed E-state index contributed by atoms with van der Waals surface area (Å²) in [4.78, 5) is 20.1. The molecule has 7 heteroatoms. The Morgan fingerprint density at radius 1 is 0.893 bits per heavy atom. The fraction of sp³-hybridized carbons (Fsp3) is 0.0952. The molecule has 0 saturated heterocycles. The smallest absolute Gasteiger partial charge is 0.341 e. The average molecular weight is 378 g/mol. The van der Waals surface area contributed by atoms with Gasteiger partial charge in [-0.25, -0.2) is 14.8 Å². The van der Waals surface area contributed by atoms with Gasteiger partial charge in [0.05, 0.1) is 20.5 Å². The first-order valence-corrected chi connectivity index (χ1v) is 8.34. The van der Waals surface area contributed by atoms with Gasteiger partial charge in [0.2, 0.25) is 5.88 Å². The van der Waals surface area contributed by atoms with E-state index in [1.54, 1.807) is 48.7 Å². The first-order chi connectivity index (χ1) is 13.7. The lowest BCUT2D eigenvalue weighted by molar-refractivity contribution is -0.133. The van der Waals surface area contributed by atoms with E-state index in [0.29, 0.717) is 28.7 Å². The van der Waals surface area contributed by atoms with Gasteiger partial charge < -0.3 is 18.9 Å². The van der Waals surface area contributed by atoms with Crippen molar-refractivity contribution in [1.82, 2.24) is 9.97 Å². The Bertz CT molecular complexity index is 973. The minimum atomic E-state index is -0.538. The molecular weight excluding hydrogens is 360 g/mol. The second-order valence-electron chi connectivity index (χ2n) is 5.45. The Labute approximate surface area is 162 Å². The van der Waals surface area contributed by atoms with Crippen molar-refractivity contribution in [3.05, 3.63) is 78.9 Å². The molecule has 0 fully saturated rings. The van der Waals surface area contributed by atoms with Gasteiger partial charge >= 0.3 is 5.97 Å². The van der Waals surface area contributed by atoms with Gasteiger partial charge in [-0.1, -0.05) is 30.3 Å². The third kappa shape index (κ3) is 4.45.